The van der Waals surface area contributed by atoms with Gasteiger partial charge in [0.15, 0.2) is 11.5 Å². The van der Waals surface area contributed by atoms with E-state index < -0.39 is 10.9 Å². The first kappa shape index (κ1) is 22.1. The minimum absolute atomic E-state index is 0.0143. The van der Waals surface area contributed by atoms with E-state index in [-0.39, 0.29) is 28.8 Å². The van der Waals surface area contributed by atoms with Crippen molar-refractivity contribution in [3.05, 3.63) is 50.9 Å². The molecule has 0 fully saturated rings. The Morgan fingerprint density at radius 3 is 2.32 bits per heavy atom. The van der Waals surface area contributed by atoms with Gasteiger partial charge in [-0.1, -0.05) is 26.8 Å². The second-order valence-electron chi connectivity index (χ2n) is 8.20. The molecule has 9 heteroatoms. The predicted molar refractivity (Wildman–Crippen MR) is 122 cm³/mol. The summed E-state index contributed by atoms with van der Waals surface area (Å²) in [7, 11) is 3.10. The number of ether oxygens (including phenoxy) is 2. The predicted octanol–water partition coefficient (Wildman–Crippen LogP) is 3.42. The van der Waals surface area contributed by atoms with Gasteiger partial charge in [-0.25, -0.2) is 4.98 Å². The largest absolute Gasteiger partial charge is 0.493 e. The second-order valence-corrected chi connectivity index (χ2v) is 8.20. The number of hydrogen-bond donors (Lipinski definition) is 3. The van der Waals surface area contributed by atoms with E-state index in [1.165, 1.54) is 0 Å². The zero-order valence-corrected chi connectivity index (χ0v) is 18.5. The van der Waals surface area contributed by atoms with Crippen LogP contribution in [0.5, 0.6) is 11.5 Å². The van der Waals surface area contributed by atoms with E-state index in [9.17, 15) is 9.59 Å². The summed E-state index contributed by atoms with van der Waals surface area (Å²) in [6, 6.07) is 6.99. The van der Waals surface area contributed by atoms with Crippen LogP contribution in [0.15, 0.2) is 40.1 Å². The molecule has 0 saturated carbocycles. The Bertz CT molecular complexity index is 1150. The molecule has 0 saturated heterocycles. The number of methoxy groups -OCH3 is 2. The molecule has 0 aliphatic heterocycles. The number of para-hydroxylation sites is 1. The molecule has 0 bridgehead atoms. The van der Waals surface area contributed by atoms with Gasteiger partial charge in [-0.3, -0.25) is 9.59 Å². The molecule has 1 aromatic heterocycles. The van der Waals surface area contributed by atoms with Gasteiger partial charge in [0.05, 0.1) is 19.9 Å². The molecule has 0 amide bonds. The zero-order valence-electron chi connectivity index (χ0n) is 18.5. The van der Waals surface area contributed by atoms with Gasteiger partial charge in [0.1, 0.15) is 17.2 Å². The van der Waals surface area contributed by atoms with Gasteiger partial charge in [0.2, 0.25) is 5.95 Å². The molecule has 3 aromatic rings. The molecule has 0 aliphatic rings. The molecule has 31 heavy (non-hydrogen) atoms. The molecule has 0 aliphatic carbocycles. The molecular formula is C22H27N5O4. The van der Waals surface area contributed by atoms with Crippen LogP contribution in [0.4, 0.5) is 28.8 Å². The fourth-order valence-electron chi connectivity index (χ4n) is 2.80. The lowest BCUT2D eigenvalue weighted by molar-refractivity contribution is 0.356. The molecule has 0 spiro atoms. The van der Waals surface area contributed by atoms with Crippen molar-refractivity contribution in [1.29, 1.82) is 0 Å². The van der Waals surface area contributed by atoms with Gasteiger partial charge in [0.25, 0.3) is 10.9 Å². The van der Waals surface area contributed by atoms with Gasteiger partial charge in [-0.2, -0.15) is 4.98 Å². The van der Waals surface area contributed by atoms with Crippen molar-refractivity contribution in [1.82, 2.24) is 9.97 Å². The van der Waals surface area contributed by atoms with E-state index in [1.54, 1.807) is 38.6 Å². The molecule has 2 aromatic carbocycles. The Kier molecular flexibility index (Phi) is 6.14. The Hall–Kier alpha value is -3.62. The van der Waals surface area contributed by atoms with Gasteiger partial charge >= 0.3 is 0 Å². The molecule has 1 unspecified atom stereocenters. The Labute approximate surface area is 180 Å². The van der Waals surface area contributed by atoms with Gasteiger partial charge in [-0.15, -0.1) is 0 Å². The summed E-state index contributed by atoms with van der Waals surface area (Å²) in [5, 5.41) is 9.17. The second kappa shape index (κ2) is 8.63. The van der Waals surface area contributed by atoms with Crippen molar-refractivity contribution in [2.75, 3.05) is 30.2 Å². The highest BCUT2D eigenvalue weighted by atomic mass is 16.5. The third-order valence-electron chi connectivity index (χ3n) is 5.13. The van der Waals surface area contributed by atoms with Gasteiger partial charge < -0.3 is 25.4 Å². The fourth-order valence-corrected chi connectivity index (χ4v) is 2.80. The zero-order chi connectivity index (χ0) is 22.8. The molecule has 9 nitrogen and oxygen atoms in total. The summed E-state index contributed by atoms with van der Waals surface area (Å²) in [6.45, 7) is 8.13. The first-order chi connectivity index (χ1) is 14.7. The molecule has 1 atom stereocenters. The standard InChI is InChI=1S/C22H27N5O4/c1-12(22(2,3)4)24-16-17(19(29)18(16)28)26-15-10-11-23-21(27-15)25-13-8-7-9-14(30-5)20(13)31-6/h7-12,24H,1-6H3,(H2,23,25,26,27). The number of benzene rings is 1. The highest BCUT2D eigenvalue weighted by Crippen LogP contribution is 2.36. The van der Waals surface area contributed by atoms with Crippen molar-refractivity contribution in [3.8, 4) is 11.5 Å². The molecular weight excluding hydrogens is 398 g/mol. The number of rotatable bonds is 8. The van der Waals surface area contributed by atoms with Crippen LogP contribution in [0.2, 0.25) is 0 Å². The molecule has 3 rings (SSSR count). The van der Waals surface area contributed by atoms with Crippen LogP contribution < -0.4 is 36.3 Å². The quantitative estimate of drug-likeness (QED) is 0.467. The maximum Gasteiger partial charge on any atom is 0.253 e. The van der Waals surface area contributed by atoms with E-state index in [0.29, 0.717) is 23.0 Å². The number of anilines is 5. The third kappa shape index (κ3) is 4.60. The number of nitrogens with one attached hydrogen (secondary N) is 3. The summed E-state index contributed by atoms with van der Waals surface area (Å²) < 4.78 is 10.7. The molecule has 3 N–H and O–H groups in total. The summed E-state index contributed by atoms with van der Waals surface area (Å²) in [6.07, 6.45) is 1.54. The van der Waals surface area contributed by atoms with E-state index in [4.69, 9.17) is 9.47 Å². The average molecular weight is 425 g/mol. The molecule has 1 heterocycles. The van der Waals surface area contributed by atoms with Crippen molar-refractivity contribution >= 4 is 28.8 Å². The highest BCUT2D eigenvalue weighted by Gasteiger charge is 2.27. The van der Waals surface area contributed by atoms with Crippen LogP contribution in [0.1, 0.15) is 27.7 Å². The maximum absolute atomic E-state index is 12.1. The Balaban J connectivity index is 1.83. The topological polar surface area (TPSA) is 114 Å². The van der Waals surface area contributed by atoms with Gasteiger partial charge in [0, 0.05) is 12.2 Å². The van der Waals surface area contributed by atoms with Crippen molar-refractivity contribution in [2.45, 2.75) is 33.7 Å². The monoisotopic (exact) mass is 425 g/mol. The number of nitrogens with zero attached hydrogens (tertiary/aromatic N) is 2. The number of aromatic nitrogens is 2. The van der Waals surface area contributed by atoms with Crippen LogP contribution >= 0.6 is 0 Å². The molecule has 164 valence electrons. The van der Waals surface area contributed by atoms with Crippen molar-refractivity contribution < 1.29 is 9.47 Å². The normalized spacial score (nSPS) is 12.3. The SMILES string of the molecule is COc1cccc(Nc2nccc(Nc3c(NC(C)C(C)(C)C)c(=O)c3=O)n2)c1OC. The van der Waals surface area contributed by atoms with Crippen LogP contribution in [0.25, 0.3) is 0 Å². The summed E-state index contributed by atoms with van der Waals surface area (Å²) in [4.78, 5) is 32.8. The Morgan fingerprint density at radius 2 is 1.68 bits per heavy atom. The van der Waals surface area contributed by atoms with E-state index in [2.05, 4.69) is 46.7 Å². The highest BCUT2D eigenvalue weighted by molar-refractivity contribution is 5.78. The van der Waals surface area contributed by atoms with Gasteiger partial charge in [-0.05, 0) is 30.5 Å². The van der Waals surface area contributed by atoms with E-state index in [0.717, 1.165) is 0 Å². The van der Waals surface area contributed by atoms with Crippen molar-refractivity contribution in [2.24, 2.45) is 5.41 Å². The minimum atomic E-state index is -0.578. The van der Waals surface area contributed by atoms with Crippen LogP contribution in [0.3, 0.4) is 0 Å². The lowest BCUT2D eigenvalue weighted by Gasteiger charge is -2.30. The lowest BCUT2D eigenvalue weighted by atomic mass is 9.87. The minimum Gasteiger partial charge on any atom is -0.493 e. The van der Waals surface area contributed by atoms with Crippen LogP contribution in [-0.2, 0) is 0 Å². The third-order valence-corrected chi connectivity index (χ3v) is 5.13. The first-order valence-corrected chi connectivity index (χ1v) is 9.83. The Morgan fingerprint density at radius 1 is 0.968 bits per heavy atom. The maximum atomic E-state index is 12.1. The summed E-state index contributed by atoms with van der Waals surface area (Å²) in [5.41, 5.74) is -0.105. The van der Waals surface area contributed by atoms with Crippen molar-refractivity contribution in [3.63, 3.8) is 0 Å². The average Bonchev–Trinajstić information content (AvgIpc) is 2.75. The smallest absolute Gasteiger partial charge is 0.253 e. The summed E-state index contributed by atoms with van der Waals surface area (Å²) in [5.74, 6) is 1.73. The fraction of sp³-hybridized carbons (Fsp3) is 0.364. The lowest BCUT2D eigenvalue weighted by Crippen LogP contribution is -2.41. The number of hydrogen-bond acceptors (Lipinski definition) is 9. The molecule has 0 radical (unpaired) electrons. The summed E-state index contributed by atoms with van der Waals surface area (Å²) >= 11 is 0. The van der Waals surface area contributed by atoms with E-state index in [1.807, 2.05) is 13.0 Å². The first-order valence-electron chi connectivity index (χ1n) is 9.83. The van der Waals surface area contributed by atoms with Crippen LogP contribution in [-0.4, -0.2) is 30.2 Å². The van der Waals surface area contributed by atoms with Crippen LogP contribution in [0, 0.1) is 5.41 Å². The van der Waals surface area contributed by atoms with E-state index >= 15 is 0 Å².